The Balaban J connectivity index is 3.00. The van der Waals surface area contributed by atoms with Crippen LogP contribution in [0, 0.1) is 0 Å². The SMILES string of the molecule is COC(=CC(=O)C(F)(F)F)c1ccccc1. The predicted octanol–water partition coefficient (Wildman–Crippen LogP) is 2.81. The van der Waals surface area contributed by atoms with Gasteiger partial charge in [-0.05, 0) is 0 Å². The summed E-state index contributed by atoms with van der Waals surface area (Å²) < 4.78 is 40.8. The Hall–Kier alpha value is -1.78. The Morgan fingerprint density at radius 1 is 1.25 bits per heavy atom. The van der Waals surface area contributed by atoms with Gasteiger partial charge in [-0.2, -0.15) is 13.2 Å². The summed E-state index contributed by atoms with van der Waals surface area (Å²) in [6, 6.07) is 8.10. The van der Waals surface area contributed by atoms with Gasteiger partial charge >= 0.3 is 6.18 Å². The topological polar surface area (TPSA) is 26.3 Å². The minimum atomic E-state index is -4.88. The van der Waals surface area contributed by atoms with Crippen molar-refractivity contribution in [3.05, 3.63) is 42.0 Å². The molecular formula is C11H9F3O2. The van der Waals surface area contributed by atoms with Crippen LogP contribution in [-0.2, 0) is 9.53 Å². The summed E-state index contributed by atoms with van der Waals surface area (Å²) in [7, 11) is 1.21. The highest BCUT2D eigenvalue weighted by Crippen LogP contribution is 2.21. The molecule has 2 nitrogen and oxygen atoms in total. The van der Waals surface area contributed by atoms with E-state index in [0.29, 0.717) is 11.6 Å². The fraction of sp³-hybridized carbons (Fsp3) is 0.182. The normalized spacial score (nSPS) is 12.4. The number of ketones is 1. The van der Waals surface area contributed by atoms with Gasteiger partial charge in [0.1, 0.15) is 5.76 Å². The molecule has 0 radical (unpaired) electrons. The Kier molecular flexibility index (Phi) is 3.71. The lowest BCUT2D eigenvalue weighted by molar-refractivity contribution is -0.165. The molecule has 0 aliphatic carbocycles. The Morgan fingerprint density at radius 3 is 2.25 bits per heavy atom. The summed E-state index contributed by atoms with van der Waals surface area (Å²) in [5.74, 6) is -2.05. The van der Waals surface area contributed by atoms with Gasteiger partial charge in [0, 0.05) is 11.6 Å². The highest BCUT2D eigenvalue weighted by molar-refractivity contribution is 5.99. The number of ether oxygens (including phenoxy) is 1. The monoisotopic (exact) mass is 230 g/mol. The number of benzene rings is 1. The van der Waals surface area contributed by atoms with Gasteiger partial charge in [0.25, 0.3) is 5.78 Å². The van der Waals surface area contributed by atoms with E-state index in [1.165, 1.54) is 7.11 Å². The van der Waals surface area contributed by atoms with E-state index in [-0.39, 0.29) is 5.76 Å². The first-order valence-electron chi connectivity index (χ1n) is 4.37. The fourth-order valence-corrected chi connectivity index (χ4v) is 1.06. The van der Waals surface area contributed by atoms with E-state index in [9.17, 15) is 18.0 Å². The first-order chi connectivity index (χ1) is 7.45. The van der Waals surface area contributed by atoms with Crippen LogP contribution >= 0.6 is 0 Å². The van der Waals surface area contributed by atoms with Crippen molar-refractivity contribution in [2.24, 2.45) is 0 Å². The van der Waals surface area contributed by atoms with Crippen molar-refractivity contribution in [3.63, 3.8) is 0 Å². The van der Waals surface area contributed by atoms with Crippen LogP contribution in [0.3, 0.4) is 0 Å². The molecule has 16 heavy (non-hydrogen) atoms. The number of carbonyl (C=O) groups is 1. The summed E-state index contributed by atoms with van der Waals surface area (Å²) in [4.78, 5) is 10.7. The molecule has 1 aromatic rings. The van der Waals surface area contributed by atoms with Crippen LogP contribution in [0.5, 0.6) is 0 Å². The van der Waals surface area contributed by atoms with Gasteiger partial charge in [-0.3, -0.25) is 4.79 Å². The quantitative estimate of drug-likeness (QED) is 0.589. The van der Waals surface area contributed by atoms with E-state index >= 15 is 0 Å². The minimum absolute atomic E-state index is 0.108. The van der Waals surface area contributed by atoms with Gasteiger partial charge in [-0.1, -0.05) is 30.3 Å². The number of carbonyl (C=O) groups excluding carboxylic acids is 1. The van der Waals surface area contributed by atoms with Crippen molar-refractivity contribution in [1.29, 1.82) is 0 Å². The molecule has 0 unspecified atom stereocenters. The van der Waals surface area contributed by atoms with E-state index in [0.717, 1.165) is 0 Å². The zero-order valence-electron chi connectivity index (χ0n) is 8.41. The summed E-state index contributed by atoms with van der Waals surface area (Å²) in [6.45, 7) is 0. The van der Waals surface area contributed by atoms with Gasteiger partial charge in [0.05, 0.1) is 7.11 Å². The number of methoxy groups -OCH3 is 1. The molecular weight excluding hydrogens is 221 g/mol. The lowest BCUT2D eigenvalue weighted by Crippen LogP contribution is -2.20. The van der Waals surface area contributed by atoms with Crippen molar-refractivity contribution in [3.8, 4) is 0 Å². The molecule has 0 bridgehead atoms. The number of alkyl halides is 3. The average Bonchev–Trinajstić information content (AvgIpc) is 2.25. The van der Waals surface area contributed by atoms with E-state index in [1.54, 1.807) is 30.3 Å². The molecule has 0 aliphatic heterocycles. The van der Waals surface area contributed by atoms with Gasteiger partial charge < -0.3 is 4.74 Å². The molecule has 0 heterocycles. The van der Waals surface area contributed by atoms with E-state index in [1.807, 2.05) is 0 Å². The second-order valence-corrected chi connectivity index (χ2v) is 2.94. The van der Waals surface area contributed by atoms with Gasteiger partial charge in [0.2, 0.25) is 0 Å². The summed E-state index contributed by atoms with van der Waals surface area (Å²) >= 11 is 0. The highest BCUT2D eigenvalue weighted by atomic mass is 19.4. The second kappa shape index (κ2) is 4.83. The maximum Gasteiger partial charge on any atom is 0.454 e. The van der Waals surface area contributed by atoms with E-state index < -0.39 is 12.0 Å². The third-order valence-electron chi connectivity index (χ3n) is 1.82. The Labute approximate surface area is 90.3 Å². The van der Waals surface area contributed by atoms with Crippen LogP contribution in [0.4, 0.5) is 13.2 Å². The molecule has 0 amide bonds. The minimum Gasteiger partial charge on any atom is -0.496 e. The first kappa shape index (κ1) is 12.3. The lowest BCUT2D eigenvalue weighted by atomic mass is 10.1. The molecule has 0 atom stereocenters. The van der Waals surface area contributed by atoms with Crippen molar-refractivity contribution in [1.82, 2.24) is 0 Å². The summed E-state index contributed by atoms with van der Waals surface area (Å²) in [6.07, 6.45) is -4.44. The van der Waals surface area contributed by atoms with E-state index in [4.69, 9.17) is 4.74 Å². The largest absolute Gasteiger partial charge is 0.496 e. The van der Waals surface area contributed by atoms with E-state index in [2.05, 4.69) is 0 Å². The highest BCUT2D eigenvalue weighted by Gasteiger charge is 2.37. The van der Waals surface area contributed by atoms with Crippen LogP contribution in [0.25, 0.3) is 5.76 Å². The molecule has 0 aromatic heterocycles. The summed E-state index contributed by atoms with van der Waals surface area (Å²) in [5, 5.41) is 0. The van der Waals surface area contributed by atoms with Crippen molar-refractivity contribution in [2.45, 2.75) is 6.18 Å². The molecule has 0 saturated heterocycles. The van der Waals surface area contributed by atoms with Gasteiger partial charge in [-0.15, -0.1) is 0 Å². The Bertz CT molecular complexity index is 393. The van der Waals surface area contributed by atoms with Crippen LogP contribution < -0.4 is 0 Å². The van der Waals surface area contributed by atoms with Crippen LogP contribution in [0.1, 0.15) is 5.56 Å². The van der Waals surface area contributed by atoms with Crippen molar-refractivity contribution >= 4 is 11.5 Å². The zero-order valence-corrected chi connectivity index (χ0v) is 8.41. The maximum atomic E-state index is 12.0. The molecule has 1 aromatic carbocycles. The molecule has 0 N–H and O–H groups in total. The Morgan fingerprint density at radius 2 is 1.81 bits per heavy atom. The summed E-state index contributed by atoms with van der Waals surface area (Å²) in [5.41, 5.74) is 0.419. The van der Waals surface area contributed by atoms with Crippen LogP contribution in [0.15, 0.2) is 36.4 Å². The molecule has 5 heteroatoms. The molecule has 1 rings (SSSR count). The smallest absolute Gasteiger partial charge is 0.454 e. The molecule has 0 spiro atoms. The maximum absolute atomic E-state index is 12.0. The predicted molar refractivity (Wildman–Crippen MR) is 52.5 cm³/mol. The number of allylic oxidation sites excluding steroid dienone is 1. The molecule has 86 valence electrons. The zero-order chi connectivity index (χ0) is 12.2. The van der Waals surface area contributed by atoms with Crippen LogP contribution in [0.2, 0.25) is 0 Å². The molecule has 0 aliphatic rings. The van der Waals surface area contributed by atoms with Crippen LogP contribution in [-0.4, -0.2) is 19.1 Å². The van der Waals surface area contributed by atoms with Gasteiger partial charge in [0.15, 0.2) is 0 Å². The fourth-order valence-electron chi connectivity index (χ4n) is 1.06. The number of halogens is 3. The first-order valence-corrected chi connectivity index (χ1v) is 4.37. The third kappa shape index (κ3) is 3.12. The third-order valence-corrected chi connectivity index (χ3v) is 1.82. The lowest BCUT2D eigenvalue weighted by Gasteiger charge is -2.07. The van der Waals surface area contributed by atoms with Gasteiger partial charge in [-0.25, -0.2) is 0 Å². The van der Waals surface area contributed by atoms with Crippen molar-refractivity contribution in [2.75, 3.05) is 7.11 Å². The number of hydrogen-bond acceptors (Lipinski definition) is 2. The number of rotatable bonds is 3. The molecule has 0 fully saturated rings. The standard InChI is InChI=1S/C11H9F3O2/c1-16-9(7-10(15)11(12,13)14)8-5-3-2-4-6-8/h2-7H,1H3. The molecule has 0 saturated carbocycles. The second-order valence-electron chi connectivity index (χ2n) is 2.94. The average molecular weight is 230 g/mol. The number of hydrogen-bond donors (Lipinski definition) is 0. The van der Waals surface area contributed by atoms with Crippen molar-refractivity contribution < 1.29 is 22.7 Å².